The molecule has 2 rings (SSSR count). The highest BCUT2D eigenvalue weighted by atomic mass is 32.2. The zero-order valence-corrected chi connectivity index (χ0v) is 10.2. The summed E-state index contributed by atoms with van der Waals surface area (Å²) in [7, 11) is 1.40. The number of ether oxygens (including phenoxy) is 1. The second kappa shape index (κ2) is 5.18. The summed E-state index contributed by atoms with van der Waals surface area (Å²) < 4.78 is 31.6. The minimum atomic E-state index is -0.541. The van der Waals surface area contributed by atoms with Gasteiger partial charge in [-0.25, -0.2) is 18.7 Å². The molecule has 1 heterocycles. The lowest BCUT2D eigenvalue weighted by Gasteiger charge is -2.08. The minimum absolute atomic E-state index is 0.103. The molecule has 18 heavy (non-hydrogen) atoms. The first kappa shape index (κ1) is 12.6. The molecule has 2 aromatic rings. The first-order chi connectivity index (χ1) is 8.61. The van der Waals surface area contributed by atoms with Crippen LogP contribution in [0.3, 0.4) is 0 Å². The van der Waals surface area contributed by atoms with Crippen molar-refractivity contribution in [3.05, 3.63) is 36.2 Å². The van der Waals surface area contributed by atoms with Crippen molar-refractivity contribution in [2.24, 2.45) is 0 Å². The van der Waals surface area contributed by atoms with Gasteiger partial charge in [0.1, 0.15) is 23.0 Å². The number of nitrogens with two attached hydrogens (primary N) is 1. The zero-order valence-electron chi connectivity index (χ0n) is 9.35. The molecule has 0 aliphatic rings. The van der Waals surface area contributed by atoms with Gasteiger partial charge >= 0.3 is 0 Å². The van der Waals surface area contributed by atoms with Crippen molar-refractivity contribution in [1.29, 1.82) is 0 Å². The Bertz CT molecular complexity index is 580. The van der Waals surface area contributed by atoms with Gasteiger partial charge in [0.25, 0.3) is 0 Å². The van der Waals surface area contributed by atoms with Crippen molar-refractivity contribution >= 4 is 17.6 Å². The lowest BCUT2D eigenvalue weighted by Crippen LogP contribution is -1.99. The van der Waals surface area contributed by atoms with E-state index in [0.29, 0.717) is 5.03 Å². The molecule has 0 amide bonds. The maximum atomic E-state index is 13.5. The van der Waals surface area contributed by atoms with Gasteiger partial charge in [-0.3, -0.25) is 0 Å². The molecule has 1 aromatic carbocycles. The van der Waals surface area contributed by atoms with Crippen LogP contribution in [0.15, 0.2) is 34.4 Å². The van der Waals surface area contributed by atoms with Gasteiger partial charge in [0, 0.05) is 0 Å². The van der Waals surface area contributed by atoms with Crippen molar-refractivity contribution in [3.8, 4) is 5.75 Å². The average Bonchev–Trinajstić information content (AvgIpc) is 2.34. The molecular formula is C11H9F2N3OS. The maximum Gasteiger partial charge on any atom is 0.193 e. The summed E-state index contributed by atoms with van der Waals surface area (Å²) in [6, 6.07) is 3.18. The third kappa shape index (κ3) is 2.51. The van der Waals surface area contributed by atoms with Crippen LogP contribution in [-0.2, 0) is 0 Å². The Labute approximate surface area is 106 Å². The molecule has 7 heteroatoms. The minimum Gasteiger partial charge on any atom is -0.490 e. The quantitative estimate of drug-likeness (QED) is 0.867. The van der Waals surface area contributed by atoms with Crippen LogP contribution in [0.1, 0.15) is 0 Å². The van der Waals surface area contributed by atoms with Crippen molar-refractivity contribution in [2.75, 3.05) is 12.8 Å². The second-order valence-electron chi connectivity index (χ2n) is 3.27. The van der Waals surface area contributed by atoms with Gasteiger partial charge in [0.05, 0.1) is 12.0 Å². The Morgan fingerprint density at radius 1 is 1.28 bits per heavy atom. The van der Waals surface area contributed by atoms with E-state index in [0.717, 1.165) is 30.0 Å². The van der Waals surface area contributed by atoms with E-state index in [1.54, 1.807) is 0 Å². The summed E-state index contributed by atoms with van der Waals surface area (Å²) in [4.78, 5) is 7.79. The summed E-state index contributed by atoms with van der Waals surface area (Å²) in [6.07, 6.45) is 1.23. The molecule has 94 valence electrons. The lowest BCUT2D eigenvalue weighted by atomic mass is 10.3. The number of anilines is 1. The number of hydrogen-bond donors (Lipinski definition) is 1. The van der Waals surface area contributed by atoms with Gasteiger partial charge in [-0.05, 0) is 18.2 Å². The summed E-state index contributed by atoms with van der Waals surface area (Å²) in [5.41, 5.74) is 5.60. The third-order valence-corrected chi connectivity index (χ3v) is 3.12. The normalized spacial score (nSPS) is 10.4. The van der Waals surface area contributed by atoms with Crippen LogP contribution in [0.5, 0.6) is 5.75 Å². The number of halogens is 2. The Balaban J connectivity index is 2.40. The maximum absolute atomic E-state index is 13.5. The van der Waals surface area contributed by atoms with E-state index in [1.165, 1.54) is 13.4 Å². The summed E-state index contributed by atoms with van der Waals surface area (Å²) in [5, 5.41) is 0.328. The molecule has 2 N–H and O–H groups in total. The highest BCUT2D eigenvalue weighted by Gasteiger charge is 2.14. The van der Waals surface area contributed by atoms with Crippen LogP contribution in [0.2, 0.25) is 0 Å². The van der Waals surface area contributed by atoms with Crippen LogP contribution in [0.4, 0.5) is 14.6 Å². The van der Waals surface area contributed by atoms with E-state index in [2.05, 4.69) is 9.97 Å². The number of nitrogens with zero attached hydrogens (tertiary/aromatic N) is 2. The SMILES string of the molecule is COc1c(N)ncnc1Sc1cc(F)ccc1F. The van der Waals surface area contributed by atoms with Crippen LogP contribution >= 0.6 is 11.8 Å². The summed E-state index contributed by atoms with van der Waals surface area (Å²) in [6.45, 7) is 0. The molecule has 0 radical (unpaired) electrons. The molecule has 0 aliphatic carbocycles. The van der Waals surface area contributed by atoms with Gasteiger partial charge in [-0.15, -0.1) is 0 Å². The molecule has 0 saturated heterocycles. The first-order valence-corrected chi connectivity index (χ1v) is 5.71. The number of methoxy groups -OCH3 is 1. The van der Waals surface area contributed by atoms with E-state index >= 15 is 0 Å². The molecule has 0 atom stereocenters. The molecule has 0 spiro atoms. The van der Waals surface area contributed by atoms with Crippen LogP contribution in [0, 0.1) is 11.6 Å². The fourth-order valence-electron chi connectivity index (χ4n) is 1.29. The zero-order chi connectivity index (χ0) is 13.1. The number of nitrogen functional groups attached to an aromatic ring is 1. The van der Waals surface area contributed by atoms with E-state index in [-0.39, 0.29) is 16.5 Å². The van der Waals surface area contributed by atoms with Crippen molar-refractivity contribution in [3.63, 3.8) is 0 Å². The predicted octanol–water partition coefficient (Wildman–Crippen LogP) is 2.50. The van der Waals surface area contributed by atoms with Gasteiger partial charge < -0.3 is 10.5 Å². The Morgan fingerprint density at radius 2 is 2.06 bits per heavy atom. The van der Waals surface area contributed by atoms with Crippen LogP contribution in [-0.4, -0.2) is 17.1 Å². The van der Waals surface area contributed by atoms with Gasteiger partial charge in [-0.1, -0.05) is 11.8 Å². The Morgan fingerprint density at radius 3 is 2.78 bits per heavy atom. The molecular weight excluding hydrogens is 260 g/mol. The smallest absolute Gasteiger partial charge is 0.193 e. The summed E-state index contributed by atoms with van der Waals surface area (Å²) >= 11 is 0.923. The van der Waals surface area contributed by atoms with Gasteiger partial charge in [0.15, 0.2) is 11.6 Å². The van der Waals surface area contributed by atoms with Gasteiger partial charge in [-0.2, -0.15) is 0 Å². The highest BCUT2D eigenvalue weighted by Crippen LogP contribution is 2.36. The monoisotopic (exact) mass is 269 g/mol. The van der Waals surface area contributed by atoms with E-state index < -0.39 is 11.6 Å². The predicted molar refractivity (Wildman–Crippen MR) is 63.5 cm³/mol. The van der Waals surface area contributed by atoms with E-state index in [1.807, 2.05) is 0 Å². The molecule has 0 aliphatic heterocycles. The molecule has 0 fully saturated rings. The first-order valence-electron chi connectivity index (χ1n) is 4.89. The molecule has 0 bridgehead atoms. The Kier molecular flexibility index (Phi) is 3.61. The van der Waals surface area contributed by atoms with Crippen LogP contribution in [0.25, 0.3) is 0 Å². The fourth-order valence-corrected chi connectivity index (χ4v) is 2.22. The average molecular weight is 269 g/mol. The third-order valence-electron chi connectivity index (χ3n) is 2.10. The molecule has 0 unspecified atom stereocenters. The van der Waals surface area contributed by atoms with Crippen LogP contribution < -0.4 is 10.5 Å². The number of aromatic nitrogens is 2. The van der Waals surface area contributed by atoms with Crippen molar-refractivity contribution in [1.82, 2.24) is 9.97 Å². The molecule has 4 nitrogen and oxygen atoms in total. The second-order valence-corrected chi connectivity index (χ2v) is 4.30. The lowest BCUT2D eigenvalue weighted by molar-refractivity contribution is 0.401. The summed E-state index contributed by atoms with van der Waals surface area (Å²) in [5.74, 6) is -0.682. The van der Waals surface area contributed by atoms with Crippen molar-refractivity contribution < 1.29 is 13.5 Å². The number of hydrogen-bond acceptors (Lipinski definition) is 5. The molecule has 0 saturated carbocycles. The fraction of sp³-hybridized carbons (Fsp3) is 0.0909. The number of rotatable bonds is 3. The van der Waals surface area contributed by atoms with Crippen molar-refractivity contribution in [2.45, 2.75) is 9.92 Å². The Hall–Kier alpha value is -1.89. The highest BCUT2D eigenvalue weighted by molar-refractivity contribution is 7.99. The van der Waals surface area contributed by atoms with Gasteiger partial charge in [0.2, 0.25) is 0 Å². The number of benzene rings is 1. The molecule has 1 aromatic heterocycles. The van der Waals surface area contributed by atoms with E-state index in [9.17, 15) is 8.78 Å². The topological polar surface area (TPSA) is 61.0 Å². The largest absolute Gasteiger partial charge is 0.490 e. The standard InChI is InChI=1S/C11H9F2N3OS/c1-17-9-10(14)15-5-16-11(9)18-8-4-6(12)2-3-7(8)13/h2-5H,1H3,(H2,14,15,16). The van der Waals surface area contributed by atoms with E-state index in [4.69, 9.17) is 10.5 Å².